The van der Waals surface area contributed by atoms with Crippen LogP contribution < -0.4 is 0 Å². The number of benzene rings is 8. The molecule has 0 aliphatic heterocycles. The number of rotatable bonds is 3. The number of imidazole rings is 1. The summed E-state index contributed by atoms with van der Waals surface area (Å²) in [4.78, 5) is 5.13. The topological polar surface area (TPSA) is 51.0 Å². The fourth-order valence-electron chi connectivity index (χ4n) is 9.49. The first kappa shape index (κ1) is 31.5. The van der Waals surface area contributed by atoms with Gasteiger partial charge in [0, 0.05) is 53.8 Å². The minimum atomic E-state index is 0.611. The summed E-state index contributed by atoms with van der Waals surface area (Å²) in [5.74, 6) is 0. The predicted octanol–water partition coefficient (Wildman–Crippen LogP) is 13.7. The van der Waals surface area contributed by atoms with Crippen LogP contribution >= 0.6 is 11.3 Å². The molecule has 6 heteroatoms. The molecule has 0 atom stereocenters. The smallest absolute Gasteiger partial charge is 0.146 e. The van der Waals surface area contributed by atoms with Gasteiger partial charge in [-0.15, -0.1) is 11.3 Å². The third-order valence-electron chi connectivity index (χ3n) is 12.0. The summed E-state index contributed by atoms with van der Waals surface area (Å²) >= 11 is 1.83. The van der Waals surface area contributed by atoms with E-state index in [-0.39, 0.29) is 0 Å². The molecule has 0 aliphatic rings. The number of hydrogen-bond donors (Lipinski definition) is 0. The molecule has 0 fully saturated rings. The lowest BCUT2D eigenvalue weighted by Crippen LogP contribution is -1.94. The van der Waals surface area contributed by atoms with Crippen molar-refractivity contribution in [3.8, 4) is 28.6 Å². The second-order valence-electron chi connectivity index (χ2n) is 15.1. The van der Waals surface area contributed by atoms with Crippen LogP contribution in [0.5, 0.6) is 0 Å². The van der Waals surface area contributed by atoms with Gasteiger partial charge < -0.3 is 9.13 Å². The van der Waals surface area contributed by atoms with Crippen LogP contribution in [-0.4, -0.2) is 18.5 Å². The van der Waals surface area contributed by atoms with Crippen LogP contribution in [0.1, 0.15) is 5.56 Å². The van der Waals surface area contributed by atoms with Gasteiger partial charge in [-0.2, -0.15) is 5.26 Å². The van der Waals surface area contributed by atoms with E-state index in [1.54, 1.807) is 0 Å². The second-order valence-corrected chi connectivity index (χ2v) is 16.1. The molecule has 268 valence electrons. The Hall–Kier alpha value is -7.72. The molecule has 0 N–H and O–H groups in total. The van der Waals surface area contributed by atoms with Crippen LogP contribution in [0.2, 0.25) is 0 Å². The predicted molar refractivity (Wildman–Crippen MR) is 242 cm³/mol. The molecule has 0 amide bonds. The maximum Gasteiger partial charge on any atom is 0.146 e. The molecule has 0 aliphatic carbocycles. The molecule has 0 unspecified atom stereocenters. The van der Waals surface area contributed by atoms with E-state index in [0.717, 1.165) is 39.0 Å². The number of nitrogens with zero attached hydrogens (tertiary/aromatic N) is 5. The van der Waals surface area contributed by atoms with E-state index in [0.29, 0.717) is 5.56 Å². The number of para-hydroxylation sites is 3. The molecule has 0 saturated carbocycles. The van der Waals surface area contributed by atoms with Gasteiger partial charge in [-0.1, -0.05) is 91.0 Å². The van der Waals surface area contributed by atoms with E-state index in [9.17, 15) is 5.26 Å². The Morgan fingerprint density at radius 3 is 1.72 bits per heavy atom. The number of fused-ring (bicyclic) bond motifs is 16. The minimum absolute atomic E-state index is 0.611. The number of hydrogen-bond acceptors (Lipinski definition) is 3. The molecule has 5 aromatic heterocycles. The lowest BCUT2D eigenvalue weighted by Gasteiger charge is -2.10. The minimum Gasteiger partial charge on any atom is -0.309 e. The van der Waals surface area contributed by atoms with Gasteiger partial charge >= 0.3 is 0 Å². The summed E-state index contributed by atoms with van der Waals surface area (Å²) in [7, 11) is 0. The maximum absolute atomic E-state index is 9.69. The Morgan fingerprint density at radius 2 is 1.03 bits per heavy atom. The molecule has 13 rings (SSSR count). The molecule has 5 heterocycles. The Balaban J connectivity index is 1.03. The van der Waals surface area contributed by atoms with Crippen LogP contribution in [0, 0.1) is 11.3 Å². The Labute approximate surface area is 335 Å². The maximum atomic E-state index is 9.69. The van der Waals surface area contributed by atoms with E-state index in [1.165, 1.54) is 74.9 Å². The van der Waals surface area contributed by atoms with Crippen molar-refractivity contribution in [1.29, 1.82) is 5.26 Å². The van der Waals surface area contributed by atoms with E-state index in [1.807, 2.05) is 29.5 Å². The third-order valence-corrected chi connectivity index (χ3v) is 13.2. The summed E-state index contributed by atoms with van der Waals surface area (Å²) in [6.07, 6.45) is 0. The van der Waals surface area contributed by atoms with Gasteiger partial charge in [0.15, 0.2) is 0 Å². The van der Waals surface area contributed by atoms with Crippen LogP contribution in [0.15, 0.2) is 176 Å². The van der Waals surface area contributed by atoms with Crippen molar-refractivity contribution >= 4 is 103 Å². The van der Waals surface area contributed by atoms with Crippen molar-refractivity contribution in [1.82, 2.24) is 18.5 Å². The molecule has 0 bridgehead atoms. The SMILES string of the molecule is N#Cc1ccc2c(c1)nc1c3ccccc3c3sc4ccc(-n5c6ccccc6c6cc(-c7ccc8c(c7)c7ccccc7n8-c7ccccc7)ccc65)cc4c3n21. The van der Waals surface area contributed by atoms with Gasteiger partial charge in [-0.05, 0) is 96.1 Å². The zero-order valence-corrected chi connectivity index (χ0v) is 31.7. The number of nitriles is 1. The molecule has 13 aromatic rings. The van der Waals surface area contributed by atoms with Gasteiger partial charge in [-0.3, -0.25) is 4.40 Å². The average molecular weight is 756 g/mol. The normalized spacial score (nSPS) is 12.1. The average Bonchev–Trinajstić information content (AvgIpc) is 4.04. The monoisotopic (exact) mass is 755 g/mol. The van der Waals surface area contributed by atoms with Crippen molar-refractivity contribution in [3.05, 3.63) is 181 Å². The summed E-state index contributed by atoms with van der Waals surface area (Å²) in [6, 6.07) is 65.5. The standard InChI is InChI=1S/C52H29N5S/c53-30-31-18-22-48-43(26-31)54-52-39-15-5-4-14-38(39)51-50(57(48)52)42-29-35(21-25-49(42)58-51)56-45-17-9-7-13-37(45)41-28-33(20-24-47(41)56)32-19-23-46-40(27-32)36-12-6-8-16-44(36)55(46)34-10-2-1-3-11-34/h1-29H. The van der Waals surface area contributed by atoms with Crippen molar-refractivity contribution in [2.24, 2.45) is 0 Å². The Bertz CT molecular complexity index is 3930. The second kappa shape index (κ2) is 11.7. The highest BCUT2D eigenvalue weighted by molar-refractivity contribution is 7.26. The number of pyridine rings is 1. The van der Waals surface area contributed by atoms with Crippen molar-refractivity contribution in [2.45, 2.75) is 0 Å². The highest BCUT2D eigenvalue weighted by Gasteiger charge is 2.21. The molecule has 58 heavy (non-hydrogen) atoms. The summed E-state index contributed by atoms with van der Waals surface area (Å²) < 4.78 is 9.54. The molecular formula is C52H29N5S. The molecule has 0 radical (unpaired) electrons. The van der Waals surface area contributed by atoms with E-state index >= 15 is 0 Å². The van der Waals surface area contributed by atoms with Crippen LogP contribution in [0.4, 0.5) is 0 Å². The number of aromatic nitrogens is 4. The molecule has 8 aromatic carbocycles. The van der Waals surface area contributed by atoms with Gasteiger partial charge in [0.05, 0.1) is 54.9 Å². The first-order valence-corrected chi connectivity index (χ1v) is 20.3. The van der Waals surface area contributed by atoms with Crippen molar-refractivity contribution in [3.63, 3.8) is 0 Å². The lowest BCUT2D eigenvalue weighted by atomic mass is 10.0. The summed E-state index contributed by atoms with van der Waals surface area (Å²) in [5.41, 5.74) is 13.9. The van der Waals surface area contributed by atoms with Crippen LogP contribution in [0.3, 0.4) is 0 Å². The van der Waals surface area contributed by atoms with Gasteiger partial charge in [0.1, 0.15) is 5.65 Å². The fourth-order valence-corrected chi connectivity index (χ4v) is 10.7. The third kappa shape index (κ3) is 4.25. The molecule has 0 saturated heterocycles. The van der Waals surface area contributed by atoms with Crippen molar-refractivity contribution < 1.29 is 0 Å². The van der Waals surface area contributed by atoms with Gasteiger partial charge in [0.25, 0.3) is 0 Å². The van der Waals surface area contributed by atoms with Crippen LogP contribution in [0.25, 0.3) is 114 Å². The first-order chi connectivity index (χ1) is 28.7. The molecule has 5 nitrogen and oxygen atoms in total. The van der Waals surface area contributed by atoms with E-state index in [4.69, 9.17) is 4.98 Å². The zero-order chi connectivity index (χ0) is 38.1. The zero-order valence-electron chi connectivity index (χ0n) is 30.9. The van der Waals surface area contributed by atoms with Crippen LogP contribution in [-0.2, 0) is 0 Å². The first-order valence-electron chi connectivity index (χ1n) is 19.4. The quantitative estimate of drug-likeness (QED) is 0.180. The fraction of sp³-hybridized carbons (Fsp3) is 0. The molecule has 0 spiro atoms. The summed E-state index contributed by atoms with van der Waals surface area (Å²) in [5, 5.41) is 18.1. The largest absolute Gasteiger partial charge is 0.309 e. The van der Waals surface area contributed by atoms with E-state index < -0.39 is 0 Å². The van der Waals surface area contributed by atoms with E-state index in [2.05, 4.69) is 177 Å². The number of thiophene rings is 1. The Morgan fingerprint density at radius 1 is 0.448 bits per heavy atom. The van der Waals surface area contributed by atoms with Crippen molar-refractivity contribution in [2.75, 3.05) is 0 Å². The molecular weight excluding hydrogens is 727 g/mol. The highest BCUT2D eigenvalue weighted by atomic mass is 32.1. The van der Waals surface area contributed by atoms with Gasteiger partial charge in [0.2, 0.25) is 0 Å². The summed E-state index contributed by atoms with van der Waals surface area (Å²) in [6.45, 7) is 0. The Kier molecular flexibility index (Phi) is 6.33. The van der Waals surface area contributed by atoms with Gasteiger partial charge in [-0.25, -0.2) is 4.98 Å². The highest BCUT2D eigenvalue weighted by Crippen LogP contribution is 2.44. The lowest BCUT2D eigenvalue weighted by molar-refractivity contribution is 1.18.